The molecule has 0 amide bonds. The third-order valence-corrected chi connectivity index (χ3v) is 3.59. The first kappa shape index (κ1) is 14.8. The number of hydrogen-bond acceptors (Lipinski definition) is 2. The van der Waals surface area contributed by atoms with E-state index in [0.29, 0.717) is 17.5 Å². The van der Waals surface area contributed by atoms with E-state index in [1.807, 2.05) is 30.3 Å². The Balaban J connectivity index is 2.21. The smallest absolute Gasteiger partial charge is 0.258 e. The number of alkyl halides is 2. The van der Waals surface area contributed by atoms with Crippen LogP contribution in [0.4, 0.5) is 5.69 Å². The van der Waals surface area contributed by atoms with Crippen LogP contribution < -0.4 is 0 Å². The molecule has 2 rings (SSSR count). The van der Waals surface area contributed by atoms with Crippen molar-refractivity contribution in [2.45, 2.75) is 17.7 Å². The van der Waals surface area contributed by atoms with Gasteiger partial charge in [0.25, 0.3) is 5.69 Å². The van der Waals surface area contributed by atoms with Crippen LogP contribution in [-0.2, 0) is 12.8 Å². The lowest BCUT2D eigenvalue weighted by molar-refractivity contribution is -0.385. The highest BCUT2D eigenvalue weighted by atomic mass is 35.5. The molecule has 0 bridgehead atoms. The molecule has 104 valence electrons. The number of nitrogens with zero attached hydrogens (tertiary/aromatic N) is 1. The lowest BCUT2D eigenvalue weighted by Crippen LogP contribution is -1.99. The quantitative estimate of drug-likeness (QED) is 0.450. The van der Waals surface area contributed by atoms with Gasteiger partial charge in [-0.2, -0.15) is 0 Å². The van der Waals surface area contributed by atoms with Crippen molar-refractivity contribution < 1.29 is 4.92 Å². The summed E-state index contributed by atoms with van der Waals surface area (Å²) in [6, 6.07) is 14.8. The summed E-state index contributed by atoms with van der Waals surface area (Å²) in [5.41, 5.74) is 2.46. The van der Waals surface area contributed by atoms with Gasteiger partial charge in [-0.3, -0.25) is 10.1 Å². The van der Waals surface area contributed by atoms with E-state index < -0.39 is 4.84 Å². The minimum Gasteiger partial charge on any atom is -0.258 e. The summed E-state index contributed by atoms with van der Waals surface area (Å²) in [5.74, 6) is 0. The van der Waals surface area contributed by atoms with Gasteiger partial charge in [-0.05, 0) is 24.0 Å². The van der Waals surface area contributed by atoms with Crippen molar-refractivity contribution in [3.05, 3.63) is 75.3 Å². The highest BCUT2D eigenvalue weighted by molar-refractivity contribution is 6.44. The third-order valence-electron chi connectivity index (χ3n) is 3.08. The van der Waals surface area contributed by atoms with Crippen LogP contribution in [0, 0.1) is 10.1 Å². The summed E-state index contributed by atoms with van der Waals surface area (Å²) < 4.78 is 0. The number of nitro groups is 1. The monoisotopic (exact) mass is 309 g/mol. The Kier molecular flexibility index (Phi) is 4.99. The second kappa shape index (κ2) is 6.73. The van der Waals surface area contributed by atoms with Gasteiger partial charge in [0, 0.05) is 11.6 Å². The van der Waals surface area contributed by atoms with E-state index >= 15 is 0 Å². The van der Waals surface area contributed by atoms with Crippen molar-refractivity contribution in [3.8, 4) is 0 Å². The average molecular weight is 310 g/mol. The van der Waals surface area contributed by atoms with E-state index in [1.165, 1.54) is 6.07 Å². The molecular weight excluding hydrogens is 297 g/mol. The van der Waals surface area contributed by atoms with E-state index in [1.54, 1.807) is 12.1 Å². The van der Waals surface area contributed by atoms with E-state index in [0.717, 1.165) is 12.0 Å². The molecule has 0 fully saturated rings. The maximum atomic E-state index is 11.1. The molecule has 0 unspecified atom stereocenters. The van der Waals surface area contributed by atoms with Crippen LogP contribution in [0.5, 0.6) is 0 Å². The predicted octanol–water partition coefficient (Wildman–Crippen LogP) is 4.86. The minimum absolute atomic E-state index is 0.0738. The summed E-state index contributed by atoms with van der Waals surface area (Å²) in [6.45, 7) is 0. The topological polar surface area (TPSA) is 43.1 Å². The van der Waals surface area contributed by atoms with Gasteiger partial charge in [0.15, 0.2) is 0 Å². The fraction of sp³-hybridized carbons (Fsp3) is 0.200. The molecule has 2 aromatic carbocycles. The molecule has 0 aliphatic heterocycles. The molecule has 0 aromatic heterocycles. The van der Waals surface area contributed by atoms with Gasteiger partial charge < -0.3 is 0 Å². The largest absolute Gasteiger partial charge is 0.272 e. The van der Waals surface area contributed by atoms with E-state index in [9.17, 15) is 10.1 Å². The van der Waals surface area contributed by atoms with Crippen LogP contribution in [0.2, 0.25) is 0 Å². The van der Waals surface area contributed by atoms with Crippen LogP contribution in [0.1, 0.15) is 21.5 Å². The first-order valence-corrected chi connectivity index (χ1v) is 7.04. The van der Waals surface area contributed by atoms with Gasteiger partial charge >= 0.3 is 0 Å². The molecular formula is C15H13Cl2NO2. The zero-order chi connectivity index (χ0) is 14.5. The maximum absolute atomic E-state index is 11.1. The van der Waals surface area contributed by atoms with Crippen molar-refractivity contribution in [3.63, 3.8) is 0 Å². The highest BCUT2D eigenvalue weighted by Gasteiger charge is 2.16. The Bertz CT molecular complexity index is 600. The van der Waals surface area contributed by atoms with Crippen molar-refractivity contribution in [1.29, 1.82) is 0 Å². The molecule has 5 heteroatoms. The molecule has 0 saturated carbocycles. The number of aryl methyl sites for hydroxylation is 2. The molecule has 0 radical (unpaired) electrons. The van der Waals surface area contributed by atoms with E-state index in [4.69, 9.17) is 23.2 Å². The SMILES string of the molecule is O=[N+]([O-])c1cc(C(Cl)Cl)ccc1CCc1ccccc1. The summed E-state index contributed by atoms with van der Waals surface area (Å²) >= 11 is 11.5. The zero-order valence-corrected chi connectivity index (χ0v) is 12.1. The molecule has 2 aromatic rings. The Morgan fingerprint density at radius 3 is 2.35 bits per heavy atom. The van der Waals surface area contributed by atoms with Gasteiger partial charge in [-0.25, -0.2) is 0 Å². The molecule has 0 aliphatic rings. The van der Waals surface area contributed by atoms with Crippen LogP contribution in [-0.4, -0.2) is 4.92 Å². The predicted molar refractivity (Wildman–Crippen MR) is 81.4 cm³/mol. The fourth-order valence-electron chi connectivity index (χ4n) is 2.02. The first-order chi connectivity index (χ1) is 9.58. The summed E-state index contributed by atoms with van der Waals surface area (Å²) in [4.78, 5) is 9.99. The van der Waals surface area contributed by atoms with Crippen molar-refractivity contribution in [2.75, 3.05) is 0 Å². The number of nitro benzene ring substituents is 1. The summed E-state index contributed by atoms with van der Waals surface area (Å²) in [5, 5.41) is 11.1. The second-order valence-electron chi connectivity index (χ2n) is 4.43. The standard InChI is InChI=1S/C15H13Cl2NO2/c16-15(17)13-9-8-12(14(10-13)18(19)20)7-6-11-4-2-1-3-5-11/h1-5,8-10,15H,6-7H2. The minimum atomic E-state index is -0.753. The van der Waals surface area contributed by atoms with Crippen LogP contribution >= 0.6 is 23.2 Å². The van der Waals surface area contributed by atoms with Gasteiger partial charge in [-0.1, -0.05) is 42.5 Å². The van der Waals surface area contributed by atoms with Gasteiger partial charge in [0.2, 0.25) is 0 Å². The highest BCUT2D eigenvalue weighted by Crippen LogP contribution is 2.30. The van der Waals surface area contributed by atoms with Crippen LogP contribution in [0.3, 0.4) is 0 Å². The van der Waals surface area contributed by atoms with E-state index in [2.05, 4.69) is 0 Å². The summed E-state index contributed by atoms with van der Waals surface area (Å²) in [7, 11) is 0. The molecule has 0 atom stereocenters. The molecule has 0 aliphatic carbocycles. The second-order valence-corrected chi connectivity index (χ2v) is 5.53. The number of benzene rings is 2. The van der Waals surface area contributed by atoms with Crippen LogP contribution in [0.25, 0.3) is 0 Å². The molecule has 0 heterocycles. The lowest BCUT2D eigenvalue weighted by Gasteiger charge is -2.07. The maximum Gasteiger partial charge on any atom is 0.272 e. The first-order valence-electron chi connectivity index (χ1n) is 6.17. The zero-order valence-electron chi connectivity index (χ0n) is 10.6. The van der Waals surface area contributed by atoms with Gasteiger partial charge in [0.1, 0.15) is 4.84 Å². The fourth-order valence-corrected chi connectivity index (χ4v) is 2.29. The average Bonchev–Trinajstić information content (AvgIpc) is 2.45. The summed E-state index contributed by atoms with van der Waals surface area (Å²) in [6.07, 6.45) is 1.36. The van der Waals surface area contributed by atoms with Crippen molar-refractivity contribution >= 4 is 28.9 Å². The van der Waals surface area contributed by atoms with E-state index in [-0.39, 0.29) is 10.6 Å². The Labute approximate surface area is 127 Å². The number of rotatable bonds is 5. The Morgan fingerprint density at radius 2 is 1.75 bits per heavy atom. The lowest BCUT2D eigenvalue weighted by atomic mass is 10.0. The Morgan fingerprint density at radius 1 is 1.05 bits per heavy atom. The van der Waals surface area contributed by atoms with Crippen molar-refractivity contribution in [2.24, 2.45) is 0 Å². The molecule has 0 spiro atoms. The number of hydrogen-bond donors (Lipinski definition) is 0. The molecule has 20 heavy (non-hydrogen) atoms. The third kappa shape index (κ3) is 3.71. The van der Waals surface area contributed by atoms with Gasteiger partial charge in [-0.15, -0.1) is 23.2 Å². The molecule has 3 nitrogen and oxygen atoms in total. The molecule has 0 saturated heterocycles. The van der Waals surface area contributed by atoms with Crippen LogP contribution in [0.15, 0.2) is 48.5 Å². The van der Waals surface area contributed by atoms with Crippen molar-refractivity contribution in [1.82, 2.24) is 0 Å². The number of halogens is 2. The van der Waals surface area contributed by atoms with Gasteiger partial charge in [0.05, 0.1) is 4.92 Å². The molecule has 0 N–H and O–H groups in total. The Hall–Kier alpha value is -1.58. The normalized spacial score (nSPS) is 10.8.